The fraction of sp³-hybridized carbons (Fsp3) is 0.222. The maximum absolute atomic E-state index is 10.7. The predicted molar refractivity (Wildman–Crippen MR) is 63.0 cm³/mol. The number of carbonyl (C=O) groups is 1. The highest BCUT2D eigenvalue weighted by Crippen LogP contribution is 2.23. The monoisotopic (exact) mass is 250 g/mol. The standard InChI is InChI=1S/C9H11ClN2O2.ClH/c1-12(9(13)14)8-3-2-7(10)4-6(8)5-11;/h2-4H,5,11H2,1H3,(H,13,14);1H. The van der Waals surface area contributed by atoms with Gasteiger partial charge in [-0.05, 0) is 23.8 Å². The maximum Gasteiger partial charge on any atom is 0.411 e. The fourth-order valence-corrected chi connectivity index (χ4v) is 1.34. The third-order valence-corrected chi connectivity index (χ3v) is 2.14. The zero-order chi connectivity index (χ0) is 10.7. The van der Waals surface area contributed by atoms with E-state index in [1.165, 1.54) is 7.05 Å². The van der Waals surface area contributed by atoms with Crippen molar-refractivity contribution < 1.29 is 9.90 Å². The van der Waals surface area contributed by atoms with Crippen molar-refractivity contribution in [1.29, 1.82) is 0 Å². The molecule has 0 atom stereocenters. The van der Waals surface area contributed by atoms with Crippen LogP contribution in [0.25, 0.3) is 0 Å². The number of hydrogen-bond acceptors (Lipinski definition) is 2. The number of rotatable bonds is 2. The Labute approximate surface area is 99.0 Å². The van der Waals surface area contributed by atoms with Crippen LogP contribution in [0.4, 0.5) is 10.5 Å². The number of nitrogens with zero attached hydrogens (tertiary/aromatic N) is 1. The number of anilines is 1. The van der Waals surface area contributed by atoms with Gasteiger partial charge in [-0.3, -0.25) is 4.90 Å². The van der Waals surface area contributed by atoms with Crippen LogP contribution in [0.1, 0.15) is 5.56 Å². The van der Waals surface area contributed by atoms with Crippen LogP contribution in [0, 0.1) is 0 Å². The lowest BCUT2D eigenvalue weighted by Gasteiger charge is -2.16. The second-order valence-corrected chi connectivity index (χ2v) is 3.26. The molecule has 1 amide bonds. The van der Waals surface area contributed by atoms with Gasteiger partial charge < -0.3 is 10.8 Å². The van der Waals surface area contributed by atoms with Crippen molar-refractivity contribution in [2.75, 3.05) is 11.9 Å². The number of halogens is 2. The van der Waals surface area contributed by atoms with Crippen molar-refractivity contribution in [3.8, 4) is 0 Å². The molecule has 1 aromatic carbocycles. The summed E-state index contributed by atoms with van der Waals surface area (Å²) in [5.41, 5.74) is 6.75. The van der Waals surface area contributed by atoms with Crippen LogP contribution in [0.5, 0.6) is 0 Å². The Morgan fingerprint density at radius 3 is 2.67 bits per heavy atom. The number of nitrogens with two attached hydrogens (primary N) is 1. The van der Waals surface area contributed by atoms with E-state index < -0.39 is 6.09 Å². The molecule has 0 saturated carbocycles. The highest BCUT2D eigenvalue weighted by molar-refractivity contribution is 6.30. The van der Waals surface area contributed by atoms with Gasteiger partial charge in [0.15, 0.2) is 0 Å². The number of hydrogen-bond donors (Lipinski definition) is 2. The van der Waals surface area contributed by atoms with E-state index in [2.05, 4.69) is 0 Å². The fourth-order valence-electron chi connectivity index (χ4n) is 1.15. The average molecular weight is 251 g/mol. The van der Waals surface area contributed by atoms with Gasteiger partial charge in [0, 0.05) is 18.6 Å². The lowest BCUT2D eigenvalue weighted by molar-refractivity contribution is 0.203. The van der Waals surface area contributed by atoms with Gasteiger partial charge in [-0.1, -0.05) is 11.6 Å². The van der Waals surface area contributed by atoms with Crippen LogP contribution < -0.4 is 10.6 Å². The first-order valence-electron chi connectivity index (χ1n) is 4.01. The van der Waals surface area contributed by atoms with Crippen molar-refractivity contribution >= 4 is 35.8 Å². The summed E-state index contributed by atoms with van der Waals surface area (Å²) in [6.07, 6.45) is -1.03. The van der Waals surface area contributed by atoms with Crippen LogP contribution in [0.2, 0.25) is 5.02 Å². The average Bonchev–Trinajstić information content (AvgIpc) is 2.16. The molecule has 15 heavy (non-hydrogen) atoms. The van der Waals surface area contributed by atoms with Crippen LogP contribution in [-0.2, 0) is 6.54 Å². The largest absolute Gasteiger partial charge is 0.465 e. The van der Waals surface area contributed by atoms with Crippen molar-refractivity contribution in [3.05, 3.63) is 28.8 Å². The Balaban J connectivity index is 0.00000196. The Hall–Kier alpha value is -0.970. The molecule has 0 heterocycles. The Kier molecular flexibility index (Phi) is 5.43. The van der Waals surface area contributed by atoms with Gasteiger partial charge in [-0.15, -0.1) is 12.4 Å². The van der Waals surface area contributed by atoms with E-state index in [9.17, 15) is 4.79 Å². The molecule has 0 aliphatic rings. The molecule has 3 N–H and O–H groups in total. The summed E-state index contributed by atoms with van der Waals surface area (Å²) >= 11 is 5.76. The molecule has 0 fully saturated rings. The first-order valence-corrected chi connectivity index (χ1v) is 4.39. The predicted octanol–water partition coefficient (Wildman–Crippen LogP) is 2.33. The highest BCUT2D eigenvalue weighted by Gasteiger charge is 2.12. The minimum atomic E-state index is -1.03. The summed E-state index contributed by atoms with van der Waals surface area (Å²) < 4.78 is 0. The molecule has 84 valence electrons. The summed E-state index contributed by atoms with van der Waals surface area (Å²) in [7, 11) is 1.46. The Morgan fingerprint density at radius 1 is 1.60 bits per heavy atom. The molecule has 0 radical (unpaired) electrons. The topological polar surface area (TPSA) is 66.6 Å². The molecular weight excluding hydrogens is 239 g/mol. The molecule has 0 aliphatic carbocycles. The zero-order valence-electron chi connectivity index (χ0n) is 8.11. The van der Waals surface area contributed by atoms with E-state index in [4.69, 9.17) is 22.4 Å². The summed E-state index contributed by atoms with van der Waals surface area (Å²) in [6, 6.07) is 4.93. The second-order valence-electron chi connectivity index (χ2n) is 2.82. The van der Waals surface area contributed by atoms with Crippen molar-refractivity contribution in [2.45, 2.75) is 6.54 Å². The lowest BCUT2D eigenvalue weighted by atomic mass is 10.1. The number of amides is 1. The van der Waals surface area contributed by atoms with Crippen LogP contribution in [0.3, 0.4) is 0 Å². The normalized spacial score (nSPS) is 9.27. The molecule has 1 rings (SSSR count). The Morgan fingerprint density at radius 2 is 2.20 bits per heavy atom. The molecule has 1 aromatic rings. The molecular formula is C9H12Cl2N2O2. The molecule has 6 heteroatoms. The van der Waals surface area contributed by atoms with Gasteiger partial charge in [0.1, 0.15) is 0 Å². The minimum absolute atomic E-state index is 0. The van der Waals surface area contributed by atoms with Crippen LogP contribution in [0.15, 0.2) is 18.2 Å². The quantitative estimate of drug-likeness (QED) is 0.847. The molecule has 0 unspecified atom stereocenters. The van der Waals surface area contributed by atoms with E-state index in [1.54, 1.807) is 18.2 Å². The van der Waals surface area contributed by atoms with Gasteiger partial charge in [0.25, 0.3) is 0 Å². The molecule has 0 bridgehead atoms. The summed E-state index contributed by atoms with van der Waals surface area (Å²) in [5, 5.41) is 9.33. The van der Waals surface area contributed by atoms with Gasteiger partial charge in [0.2, 0.25) is 0 Å². The van der Waals surface area contributed by atoms with Crippen LogP contribution >= 0.6 is 24.0 Å². The molecule has 0 spiro atoms. The lowest BCUT2D eigenvalue weighted by Crippen LogP contribution is -2.25. The molecule has 0 saturated heterocycles. The molecule has 4 nitrogen and oxygen atoms in total. The second kappa shape index (κ2) is 5.80. The smallest absolute Gasteiger partial charge is 0.411 e. The number of carboxylic acid groups (broad SMARTS) is 1. The van der Waals surface area contributed by atoms with Crippen LogP contribution in [-0.4, -0.2) is 18.2 Å². The number of benzene rings is 1. The summed E-state index contributed by atoms with van der Waals surface area (Å²) in [5.74, 6) is 0. The molecule has 0 aliphatic heterocycles. The van der Waals surface area contributed by atoms with Crippen molar-refractivity contribution in [1.82, 2.24) is 0 Å². The minimum Gasteiger partial charge on any atom is -0.465 e. The molecule has 0 aromatic heterocycles. The summed E-state index contributed by atoms with van der Waals surface area (Å²) in [4.78, 5) is 11.8. The highest BCUT2D eigenvalue weighted by atomic mass is 35.5. The van der Waals surface area contributed by atoms with Crippen molar-refractivity contribution in [3.63, 3.8) is 0 Å². The third-order valence-electron chi connectivity index (χ3n) is 1.91. The van der Waals surface area contributed by atoms with Gasteiger partial charge in [-0.25, -0.2) is 4.79 Å². The maximum atomic E-state index is 10.7. The van der Waals surface area contributed by atoms with Gasteiger partial charge in [-0.2, -0.15) is 0 Å². The first kappa shape index (κ1) is 14.0. The van der Waals surface area contributed by atoms with Crippen molar-refractivity contribution in [2.24, 2.45) is 5.73 Å². The van der Waals surface area contributed by atoms with E-state index in [0.29, 0.717) is 16.3 Å². The third kappa shape index (κ3) is 3.27. The van der Waals surface area contributed by atoms with E-state index in [1.807, 2.05) is 0 Å². The SMILES string of the molecule is CN(C(=O)O)c1ccc(Cl)cc1CN.Cl. The summed E-state index contributed by atoms with van der Waals surface area (Å²) in [6.45, 7) is 0.257. The first-order chi connectivity index (χ1) is 6.56. The van der Waals surface area contributed by atoms with E-state index in [0.717, 1.165) is 4.90 Å². The zero-order valence-corrected chi connectivity index (χ0v) is 9.68. The van der Waals surface area contributed by atoms with Gasteiger partial charge in [0.05, 0.1) is 5.69 Å². The van der Waals surface area contributed by atoms with E-state index >= 15 is 0 Å². The van der Waals surface area contributed by atoms with Gasteiger partial charge >= 0.3 is 6.09 Å². The van der Waals surface area contributed by atoms with E-state index in [-0.39, 0.29) is 19.0 Å². The Bertz CT molecular complexity index is 358.